The van der Waals surface area contributed by atoms with Crippen molar-refractivity contribution in [3.05, 3.63) is 11.3 Å². The highest BCUT2D eigenvalue weighted by Gasteiger charge is 2.50. The van der Waals surface area contributed by atoms with Gasteiger partial charge in [0.05, 0.1) is 18.7 Å². The summed E-state index contributed by atoms with van der Waals surface area (Å²) in [6.07, 6.45) is -1.13. The van der Waals surface area contributed by atoms with Crippen LogP contribution < -0.4 is 0 Å². The fourth-order valence-electron chi connectivity index (χ4n) is 1.91. The number of halogens is 3. The highest BCUT2D eigenvalue weighted by atomic mass is 32.2. The van der Waals surface area contributed by atoms with Crippen LogP contribution in [0, 0.1) is 0 Å². The molecule has 0 saturated heterocycles. The number of hydrogen-bond acceptors (Lipinski definition) is 7. The molecular weight excluding hydrogens is 383 g/mol. The van der Waals surface area contributed by atoms with Gasteiger partial charge in [-0.15, -0.1) is 0 Å². The van der Waals surface area contributed by atoms with Crippen molar-refractivity contribution in [2.24, 2.45) is 0 Å². The van der Waals surface area contributed by atoms with E-state index >= 15 is 0 Å². The van der Waals surface area contributed by atoms with Gasteiger partial charge in [-0.2, -0.15) is 21.6 Å². The van der Waals surface area contributed by atoms with Crippen LogP contribution in [0.4, 0.5) is 18.0 Å². The predicted molar refractivity (Wildman–Crippen MR) is 82.1 cm³/mol. The van der Waals surface area contributed by atoms with Crippen LogP contribution in [0.15, 0.2) is 11.3 Å². The van der Waals surface area contributed by atoms with Crippen molar-refractivity contribution >= 4 is 22.2 Å². The molecule has 0 aromatic carbocycles. The van der Waals surface area contributed by atoms with E-state index in [-0.39, 0.29) is 25.1 Å². The lowest BCUT2D eigenvalue weighted by atomic mass is 10.1. The van der Waals surface area contributed by atoms with Crippen LogP contribution in [0.2, 0.25) is 0 Å². The SMILES string of the molecule is CCOC(=O)C1=C(OS(=O)(=O)C(F)(F)F)CN(C(=O)OC(C)(C)C)CC1. The van der Waals surface area contributed by atoms with E-state index in [1.165, 1.54) is 6.92 Å². The average Bonchev–Trinajstić information content (AvgIpc) is 2.43. The number of esters is 1. The van der Waals surface area contributed by atoms with Crippen LogP contribution in [0.5, 0.6) is 0 Å². The van der Waals surface area contributed by atoms with Crippen molar-refractivity contribution in [2.75, 3.05) is 19.7 Å². The molecule has 0 fully saturated rings. The van der Waals surface area contributed by atoms with E-state index in [0.29, 0.717) is 0 Å². The highest BCUT2D eigenvalue weighted by Crippen LogP contribution is 2.30. The van der Waals surface area contributed by atoms with Gasteiger partial charge in [0.25, 0.3) is 0 Å². The Labute approximate surface area is 149 Å². The van der Waals surface area contributed by atoms with Gasteiger partial charge in [0.1, 0.15) is 11.4 Å². The molecule has 26 heavy (non-hydrogen) atoms. The lowest BCUT2D eigenvalue weighted by Gasteiger charge is -2.31. The van der Waals surface area contributed by atoms with Crippen LogP contribution >= 0.6 is 0 Å². The van der Waals surface area contributed by atoms with E-state index in [2.05, 4.69) is 4.18 Å². The van der Waals surface area contributed by atoms with Crippen molar-refractivity contribution in [2.45, 2.75) is 45.2 Å². The first-order valence-electron chi connectivity index (χ1n) is 7.55. The summed E-state index contributed by atoms with van der Waals surface area (Å²) in [6, 6.07) is 0. The normalized spacial score (nSPS) is 16.3. The standard InChI is InChI=1S/C14H20F3NO7S/c1-5-23-11(19)9-6-7-18(12(20)24-13(2,3)4)8-10(9)25-26(21,22)14(15,16)17/h5-8H2,1-4H3. The van der Waals surface area contributed by atoms with Crippen molar-refractivity contribution < 1.29 is 44.8 Å². The smallest absolute Gasteiger partial charge is 0.463 e. The first-order valence-corrected chi connectivity index (χ1v) is 8.96. The summed E-state index contributed by atoms with van der Waals surface area (Å²) in [5.74, 6) is -1.83. The van der Waals surface area contributed by atoms with Crippen molar-refractivity contribution in [1.82, 2.24) is 4.90 Å². The minimum atomic E-state index is -6.01. The summed E-state index contributed by atoms with van der Waals surface area (Å²) in [6.45, 7) is 5.39. The minimum absolute atomic E-state index is 0.0720. The van der Waals surface area contributed by atoms with Gasteiger partial charge in [0, 0.05) is 13.0 Å². The van der Waals surface area contributed by atoms with Crippen molar-refractivity contribution in [3.63, 3.8) is 0 Å². The largest absolute Gasteiger partial charge is 0.534 e. The topological polar surface area (TPSA) is 99.2 Å². The molecule has 8 nitrogen and oxygen atoms in total. The number of ether oxygens (including phenoxy) is 2. The Bertz CT molecular complexity index is 692. The number of carbonyl (C=O) groups is 2. The van der Waals surface area contributed by atoms with Gasteiger partial charge in [0.2, 0.25) is 0 Å². The van der Waals surface area contributed by atoms with E-state index in [1.807, 2.05) is 0 Å². The van der Waals surface area contributed by atoms with E-state index < -0.39 is 45.6 Å². The number of carbonyl (C=O) groups excluding carboxylic acids is 2. The minimum Gasteiger partial charge on any atom is -0.463 e. The number of alkyl halides is 3. The molecule has 1 amide bonds. The fourth-order valence-corrected chi connectivity index (χ4v) is 2.42. The molecule has 0 aromatic rings. The Kier molecular flexibility index (Phi) is 6.55. The molecule has 12 heteroatoms. The zero-order valence-corrected chi connectivity index (χ0v) is 15.5. The Balaban J connectivity index is 3.16. The molecule has 150 valence electrons. The predicted octanol–water partition coefficient (Wildman–Crippen LogP) is 2.31. The maximum absolute atomic E-state index is 12.6. The van der Waals surface area contributed by atoms with Gasteiger partial charge < -0.3 is 18.6 Å². The van der Waals surface area contributed by atoms with Crippen LogP contribution in [0.3, 0.4) is 0 Å². The van der Waals surface area contributed by atoms with Crippen LogP contribution in [-0.2, 0) is 28.6 Å². The summed E-state index contributed by atoms with van der Waals surface area (Å²) in [5, 5.41) is 0. The first kappa shape index (κ1) is 22.1. The molecule has 0 saturated carbocycles. The molecule has 0 aromatic heterocycles. The molecular formula is C14H20F3NO7S. The Morgan fingerprint density at radius 3 is 2.23 bits per heavy atom. The zero-order chi connectivity index (χ0) is 20.3. The molecule has 0 atom stereocenters. The third-order valence-corrected chi connectivity index (χ3v) is 3.96. The Morgan fingerprint density at radius 2 is 1.77 bits per heavy atom. The fraction of sp³-hybridized carbons (Fsp3) is 0.714. The molecule has 1 rings (SSSR count). The lowest BCUT2D eigenvalue weighted by molar-refractivity contribution is -0.139. The molecule has 1 aliphatic rings. The van der Waals surface area contributed by atoms with Gasteiger partial charge in [-0.1, -0.05) is 0 Å². The van der Waals surface area contributed by atoms with Gasteiger partial charge in [-0.25, -0.2) is 9.59 Å². The van der Waals surface area contributed by atoms with Crippen molar-refractivity contribution in [1.29, 1.82) is 0 Å². The van der Waals surface area contributed by atoms with Crippen LogP contribution in [-0.4, -0.2) is 56.2 Å². The summed E-state index contributed by atoms with van der Waals surface area (Å²) in [4.78, 5) is 24.9. The molecule has 1 heterocycles. The third kappa shape index (κ3) is 5.78. The average molecular weight is 403 g/mol. The highest BCUT2D eigenvalue weighted by molar-refractivity contribution is 7.87. The lowest BCUT2D eigenvalue weighted by Crippen LogP contribution is -2.42. The van der Waals surface area contributed by atoms with E-state index in [4.69, 9.17) is 9.47 Å². The zero-order valence-electron chi connectivity index (χ0n) is 14.7. The van der Waals surface area contributed by atoms with E-state index in [0.717, 1.165) is 4.90 Å². The number of amides is 1. The number of hydrogen-bond donors (Lipinski definition) is 0. The summed E-state index contributed by atoms with van der Waals surface area (Å²) in [5.41, 5.74) is -6.94. The second-order valence-electron chi connectivity index (χ2n) is 6.26. The second-order valence-corrected chi connectivity index (χ2v) is 7.80. The van der Waals surface area contributed by atoms with Gasteiger partial charge >= 0.3 is 27.7 Å². The molecule has 0 N–H and O–H groups in total. The molecule has 0 unspecified atom stereocenters. The van der Waals surface area contributed by atoms with Crippen molar-refractivity contribution in [3.8, 4) is 0 Å². The van der Waals surface area contributed by atoms with E-state index in [1.54, 1.807) is 20.8 Å². The van der Waals surface area contributed by atoms with Gasteiger partial charge in [-0.3, -0.25) is 0 Å². The summed E-state index contributed by atoms with van der Waals surface area (Å²) in [7, 11) is -6.01. The maximum Gasteiger partial charge on any atom is 0.534 e. The Hall–Kier alpha value is -1.98. The molecule has 1 aliphatic heterocycles. The monoisotopic (exact) mass is 403 g/mol. The van der Waals surface area contributed by atoms with Gasteiger partial charge in [-0.05, 0) is 27.7 Å². The van der Waals surface area contributed by atoms with Crippen LogP contribution in [0.1, 0.15) is 34.1 Å². The third-order valence-electron chi connectivity index (χ3n) is 2.97. The van der Waals surface area contributed by atoms with Gasteiger partial charge in [0.15, 0.2) is 0 Å². The molecule has 0 spiro atoms. The summed E-state index contributed by atoms with van der Waals surface area (Å²) >= 11 is 0. The van der Waals surface area contributed by atoms with Crippen LogP contribution in [0.25, 0.3) is 0 Å². The summed E-state index contributed by atoms with van der Waals surface area (Å²) < 4.78 is 74.2. The quantitative estimate of drug-likeness (QED) is 0.403. The second kappa shape index (κ2) is 7.72. The number of nitrogens with zero attached hydrogens (tertiary/aromatic N) is 1. The Morgan fingerprint density at radius 1 is 1.19 bits per heavy atom. The molecule has 0 aliphatic carbocycles. The first-order chi connectivity index (χ1) is 11.7. The number of rotatable bonds is 4. The maximum atomic E-state index is 12.6. The molecule has 0 bridgehead atoms. The molecule has 0 radical (unpaired) electrons. The van der Waals surface area contributed by atoms with E-state index in [9.17, 15) is 31.2 Å².